The first-order valence-corrected chi connectivity index (χ1v) is 16.7. The second kappa shape index (κ2) is 15.3. The van der Waals surface area contributed by atoms with E-state index in [0.29, 0.717) is 65.5 Å². The van der Waals surface area contributed by atoms with E-state index in [1.807, 2.05) is 55.7 Å². The summed E-state index contributed by atoms with van der Waals surface area (Å²) < 4.78 is 31.7. The average molecular weight is 680 g/mol. The number of hydrogen-bond donors (Lipinski definition) is 0. The Bertz CT molecular complexity index is 1890. The standard InChI is InChI=1S/C34H37N3O8S2/c1-6-43-33(39)9-8-24(38)31-16-21-14-25(41-4)27(18-29(21)46-31)44-12-7-13-45-28-19-30-22(15-26(28)42-5)17-32(47-30)34(40)36(2)20-23-10-11-37(3)35-23/h10-11,14-19H,6-9,12-13,20H2,1-5H3. The lowest BCUT2D eigenvalue weighted by Gasteiger charge is -2.14. The van der Waals surface area contributed by atoms with Crippen LogP contribution in [0.15, 0.2) is 48.7 Å². The number of esters is 1. The molecule has 0 atom stereocenters. The molecule has 47 heavy (non-hydrogen) atoms. The molecular weight excluding hydrogens is 643 g/mol. The van der Waals surface area contributed by atoms with Gasteiger partial charge in [-0.05, 0) is 48.0 Å². The van der Waals surface area contributed by atoms with Gasteiger partial charge in [-0.2, -0.15) is 5.10 Å². The van der Waals surface area contributed by atoms with E-state index in [9.17, 15) is 14.4 Å². The summed E-state index contributed by atoms with van der Waals surface area (Å²) in [6.07, 6.45) is 2.59. The second-order valence-corrected chi connectivity index (χ2v) is 12.9. The van der Waals surface area contributed by atoms with Gasteiger partial charge in [0.2, 0.25) is 0 Å². The number of amides is 1. The number of rotatable bonds is 16. The van der Waals surface area contributed by atoms with Crippen molar-refractivity contribution in [2.45, 2.75) is 32.7 Å². The normalized spacial score (nSPS) is 11.1. The number of carbonyl (C=O) groups is 3. The zero-order chi connectivity index (χ0) is 33.5. The quantitative estimate of drug-likeness (QED) is 0.0653. The van der Waals surface area contributed by atoms with E-state index in [1.54, 1.807) is 37.8 Å². The Labute approximate surface area is 280 Å². The third-order valence-electron chi connectivity index (χ3n) is 7.27. The molecule has 0 saturated heterocycles. The molecule has 11 nitrogen and oxygen atoms in total. The number of aromatic nitrogens is 2. The van der Waals surface area contributed by atoms with Crippen LogP contribution in [0, 0.1) is 0 Å². The van der Waals surface area contributed by atoms with E-state index in [-0.39, 0.29) is 30.5 Å². The van der Waals surface area contributed by atoms with Crippen LogP contribution >= 0.6 is 22.7 Å². The number of nitrogens with zero attached hydrogens (tertiary/aromatic N) is 3. The molecule has 0 unspecified atom stereocenters. The van der Waals surface area contributed by atoms with Crippen molar-refractivity contribution in [1.29, 1.82) is 0 Å². The summed E-state index contributed by atoms with van der Waals surface area (Å²) in [6, 6.07) is 13.1. The molecule has 3 aromatic heterocycles. The van der Waals surface area contributed by atoms with E-state index in [1.165, 1.54) is 22.7 Å². The molecule has 0 radical (unpaired) electrons. The number of benzene rings is 2. The molecular formula is C34H37N3O8S2. The Morgan fingerprint density at radius 3 is 1.98 bits per heavy atom. The first kappa shape index (κ1) is 33.7. The minimum absolute atomic E-state index is 0.0549. The van der Waals surface area contributed by atoms with Gasteiger partial charge >= 0.3 is 5.97 Å². The molecule has 5 aromatic rings. The van der Waals surface area contributed by atoms with Gasteiger partial charge < -0.3 is 28.6 Å². The number of fused-ring (bicyclic) bond motifs is 2. The lowest BCUT2D eigenvalue weighted by molar-refractivity contribution is -0.143. The van der Waals surface area contributed by atoms with Crippen LogP contribution in [0.25, 0.3) is 20.2 Å². The number of ether oxygens (including phenoxy) is 5. The minimum Gasteiger partial charge on any atom is -0.493 e. The predicted octanol–water partition coefficient (Wildman–Crippen LogP) is 6.51. The molecule has 0 aliphatic rings. The lowest BCUT2D eigenvalue weighted by atomic mass is 10.1. The van der Waals surface area contributed by atoms with Gasteiger partial charge in [0.1, 0.15) is 0 Å². The Morgan fingerprint density at radius 1 is 0.830 bits per heavy atom. The van der Waals surface area contributed by atoms with Crippen LogP contribution in [0.3, 0.4) is 0 Å². The summed E-state index contributed by atoms with van der Waals surface area (Å²) in [4.78, 5) is 40.3. The lowest BCUT2D eigenvalue weighted by Crippen LogP contribution is -2.25. The topological polar surface area (TPSA) is 118 Å². The van der Waals surface area contributed by atoms with Crippen molar-refractivity contribution in [1.82, 2.24) is 14.7 Å². The fourth-order valence-electron chi connectivity index (χ4n) is 4.93. The molecule has 0 aliphatic carbocycles. The summed E-state index contributed by atoms with van der Waals surface area (Å²) in [6.45, 7) is 3.18. The Balaban J connectivity index is 1.17. The molecule has 1 amide bonds. The number of thiophene rings is 2. The molecule has 0 spiro atoms. The summed E-state index contributed by atoms with van der Waals surface area (Å²) in [7, 11) is 6.77. The highest BCUT2D eigenvalue weighted by Gasteiger charge is 2.19. The second-order valence-electron chi connectivity index (χ2n) is 10.7. The Hall–Kier alpha value is -4.62. The van der Waals surface area contributed by atoms with E-state index >= 15 is 0 Å². The van der Waals surface area contributed by atoms with Crippen LogP contribution < -0.4 is 18.9 Å². The number of ketones is 1. The van der Waals surface area contributed by atoms with Gasteiger partial charge in [0.15, 0.2) is 28.8 Å². The number of aryl methyl sites for hydroxylation is 1. The molecule has 0 aliphatic heterocycles. The first-order valence-electron chi connectivity index (χ1n) is 15.1. The third-order valence-corrected chi connectivity index (χ3v) is 9.50. The number of Topliss-reactive ketones (excluding diaryl/α,β-unsaturated/α-hetero) is 1. The van der Waals surface area contributed by atoms with Crippen molar-refractivity contribution in [3.8, 4) is 23.0 Å². The van der Waals surface area contributed by atoms with Crippen molar-refractivity contribution in [2.75, 3.05) is 41.1 Å². The zero-order valence-electron chi connectivity index (χ0n) is 27.0. The molecule has 0 N–H and O–H groups in total. The number of hydrogen-bond acceptors (Lipinski definition) is 11. The van der Waals surface area contributed by atoms with Gasteiger partial charge in [-0.3, -0.25) is 19.1 Å². The van der Waals surface area contributed by atoms with Gasteiger partial charge in [0, 0.05) is 54.7 Å². The highest BCUT2D eigenvalue weighted by Crippen LogP contribution is 2.38. The van der Waals surface area contributed by atoms with Crippen molar-refractivity contribution < 1.29 is 38.1 Å². The molecule has 0 bridgehead atoms. The fraction of sp³-hybridized carbons (Fsp3) is 0.353. The monoisotopic (exact) mass is 679 g/mol. The van der Waals surface area contributed by atoms with Crippen LogP contribution in [0.4, 0.5) is 0 Å². The van der Waals surface area contributed by atoms with Crippen LogP contribution in [-0.4, -0.2) is 73.4 Å². The smallest absolute Gasteiger partial charge is 0.306 e. The summed E-state index contributed by atoms with van der Waals surface area (Å²) >= 11 is 2.76. The van der Waals surface area contributed by atoms with E-state index in [4.69, 9.17) is 23.7 Å². The van der Waals surface area contributed by atoms with Crippen LogP contribution in [0.1, 0.15) is 51.2 Å². The highest BCUT2D eigenvalue weighted by atomic mass is 32.1. The van der Waals surface area contributed by atoms with E-state index in [0.717, 1.165) is 25.9 Å². The predicted molar refractivity (Wildman–Crippen MR) is 182 cm³/mol. The summed E-state index contributed by atoms with van der Waals surface area (Å²) in [5, 5.41) is 6.12. The summed E-state index contributed by atoms with van der Waals surface area (Å²) in [5.41, 5.74) is 0.821. The maximum atomic E-state index is 13.1. The molecule has 0 fully saturated rings. The van der Waals surface area contributed by atoms with Gasteiger partial charge in [-0.1, -0.05) is 0 Å². The fourth-order valence-corrected chi connectivity index (χ4v) is 7.04. The maximum Gasteiger partial charge on any atom is 0.306 e. The van der Waals surface area contributed by atoms with Gasteiger partial charge in [0.25, 0.3) is 5.91 Å². The third kappa shape index (κ3) is 8.22. The molecule has 2 aromatic carbocycles. The molecule has 0 saturated carbocycles. The van der Waals surface area contributed by atoms with Crippen LogP contribution in [-0.2, 0) is 23.1 Å². The number of methoxy groups -OCH3 is 2. The summed E-state index contributed by atoms with van der Waals surface area (Å²) in [5.74, 6) is 1.72. The van der Waals surface area contributed by atoms with Crippen LogP contribution in [0.5, 0.6) is 23.0 Å². The molecule has 13 heteroatoms. The van der Waals surface area contributed by atoms with Crippen LogP contribution in [0.2, 0.25) is 0 Å². The largest absolute Gasteiger partial charge is 0.493 e. The van der Waals surface area contributed by atoms with E-state index in [2.05, 4.69) is 5.10 Å². The van der Waals surface area contributed by atoms with Gasteiger partial charge in [0.05, 0.1) is 62.5 Å². The molecule has 3 heterocycles. The average Bonchev–Trinajstić information content (AvgIpc) is 3.79. The minimum atomic E-state index is -0.379. The Kier molecular flexibility index (Phi) is 11.0. The van der Waals surface area contributed by atoms with Crippen molar-refractivity contribution in [2.24, 2.45) is 7.05 Å². The van der Waals surface area contributed by atoms with Gasteiger partial charge in [-0.25, -0.2) is 0 Å². The maximum absolute atomic E-state index is 13.1. The molecule has 248 valence electrons. The SMILES string of the molecule is CCOC(=O)CCC(=O)c1cc2cc(OC)c(OCCCOc3cc4sc(C(=O)N(C)Cc5ccn(C)n5)cc4cc3OC)cc2s1. The van der Waals surface area contributed by atoms with Crippen molar-refractivity contribution >= 4 is 60.5 Å². The Morgan fingerprint density at radius 2 is 1.43 bits per heavy atom. The van der Waals surface area contributed by atoms with Gasteiger partial charge in [-0.15, -0.1) is 22.7 Å². The highest BCUT2D eigenvalue weighted by molar-refractivity contribution is 7.21. The van der Waals surface area contributed by atoms with E-state index < -0.39 is 0 Å². The van der Waals surface area contributed by atoms with Crippen molar-refractivity contribution in [3.63, 3.8) is 0 Å². The first-order chi connectivity index (χ1) is 22.7. The molecule has 5 rings (SSSR count). The zero-order valence-corrected chi connectivity index (χ0v) is 28.6. The number of carbonyl (C=O) groups excluding carboxylic acids is 3. The van der Waals surface area contributed by atoms with Crippen molar-refractivity contribution in [3.05, 3.63) is 64.1 Å².